The lowest BCUT2D eigenvalue weighted by molar-refractivity contribution is 0.0916. The van der Waals surface area contributed by atoms with Gasteiger partial charge in [-0.05, 0) is 98.3 Å². The molecule has 5 aromatic rings. The van der Waals surface area contributed by atoms with Crippen LogP contribution in [0.1, 0.15) is 62.0 Å². The number of hydrogen-bond acceptors (Lipinski definition) is 7. The number of nitrogens with two attached hydrogens (primary N) is 1. The molecule has 41 heavy (non-hydrogen) atoms. The summed E-state index contributed by atoms with van der Waals surface area (Å²) in [7, 11) is 1.52. The zero-order valence-corrected chi connectivity index (χ0v) is 22.7. The molecule has 0 aliphatic heterocycles. The lowest BCUT2D eigenvalue weighted by Gasteiger charge is -2.17. The number of carbonyl (C=O) groups is 2. The monoisotopic (exact) mass is 554 g/mol. The van der Waals surface area contributed by atoms with Crippen LogP contribution >= 0.6 is 0 Å². The van der Waals surface area contributed by atoms with Crippen LogP contribution in [0.5, 0.6) is 5.75 Å². The minimum absolute atomic E-state index is 0.228. The van der Waals surface area contributed by atoms with E-state index in [-0.39, 0.29) is 17.2 Å². The normalized spacial score (nSPS) is 13.8. The molecule has 2 aromatic heterocycles. The number of nitrogens with zero attached hydrogens (tertiary/aromatic N) is 2. The molecule has 1 aliphatic rings. The van der Waals surface area contributed by atoms with Crippen molar-refractivity contribution in [2.24, 2.45) is 5.73 Å². The summed E-state index contributed by atoms with van der Waals surface area (Å²) in [5, 5.41) is 7.48. The van der Waals surface area contributed by atoms with Crippen LogP contribution in [0.2, 0.25) is 0 Å². The quantitative estimate of drug-likeness (QED) is 0.264. The summed E-state index contributed by atoms with van der Waals surface area (Å²) in [6, 6.07) is 14.9. The Bertz CT molecular complexity index is 1820. The molecule has 1 saturated carbocycles. The molecule has 0 saturated heterocycles. The fourth-order valence-electron chi connectivity index (χ4n) is 5.08. The van der Waals surface area contributed by atoms with Crippen LogP contribution in [0.15, 0.2) is 63.5 Å². The number of benzene rings is 3. The SMILES string of the molecule is COc1cc(C)c(Cc2ccc3oc(-c4ccc(F)cc4)c(C(N)=O)c3c2)cc1C(=O)NC1(c2nc(C)no2)CC1. The first-order valence-electron chi connectivity index (χ1n) is 13.1. The number of hydrogen-bond donors (Lipinski definition) is 2. The van der Waals surface area contributed by atoms with Crippen molar-refractivity contribution in [3.05, 3.63) is 99.9 Å². The number of halogens is 1. The summed E-state index contributed by atoms with van der Waals surface area (Å²) in [5.41, 5.74) is 9.44. The molecular formula is C31H27FN4O5. The Hall–Kier alpha value is -4.99. The topological polar surface area (TPSA) is 133 Å². The van der Waals surface area contributed by atoms with E-state index in [4.69, 9.17) is 19.4 Å². The summed E-state index contributed by atoms with van der Waals surface area (Å²) in [6.45, 7) is 3.68. The fourth-order valence-corrected chi connectivity index (χ4v) is 5.08. The number of aryl methyl sites for hydroxylation is 2. The van der Waals surface area contributed by atoms with Gasteiger partial charge < -0.3 is 24.7 Å². The molecule has 2 heterocycles. The Balaban J connectivity index is 1.33. The maximum absolute atomic E-state index is 13.5. The van der Waals surface area contributed by atoms with Crippen molar-refractivity contribution < 1.29 is 27.7 Å². The van der Waals surface area contributed by atoms with Crippen molar-refractivity contribution in [1.29, 1.82) is 0 Å². The van der Waals surface area contributed by atoms with Crippen LogP contribution in [0.25, 0.3) is 22.3 Å². The second-order valence-electron chi connectivity index (χ2n) is 10.3. The standard InChI is InChI=1S/C31H27FN4O5/c1-16-12-25(39-3)23(29(38)35-31(10-11-31)30-34-17(2)36-41-30)15-20(16)13-18-4-9-24-22(14-18)26(28(33)37)27(40-24)19-5-7-21(32)8-6-19/h4-9,12,14-15H,10-11,13H2,1-3H3,(H2,33,37)(H,35,38). The molecule has 0 unspecified atom stereocenters. The van der Waals surface area contributed by atoms with Gasteiger partial charge in [-0.1, -0.05) is 11.2 Å². The van der Waals surface area contributed by atoms with Gasteiger partial charge in [0.2, 0.25) is 0 Å². The lowest BCUT2D eigenvalue weighted by atomic mass is 9.95. The van der Waals surface area contributed by atoms with E-state index in [1.807, 2.05) is 31.2 Å². The molecule has 1 aliphatic carbocycles. The van der Waals surface area contributed by atoms with E-state index in [2.05, 4.69) is 15.5 Å². The van der Waals surface area contributed by atoms with Gasteiger partial charge >= 0.3 is 0 Å². The zero-order chi connectivity index (χ0) is 28.9. The van der Waals surface area contributed by atoms with Gasteiger partial charge in [-0.3, -0.25) is 9.59 Å². The summed E-state index contributed by atoms with van der Waals surface area (Å²) in [6.07, 6.45) is 1.87. The number of fused-ring (bicyclic) bond motifs is 1. The van der Waals surface area contributed by atoms with Crippen molar-refractivity contribution in [2.75, 3.05) is 7.11 Å². The average molecular weight is 555 g/mol. The number of rotatable bonds is 8. The Morgan fingerprint density at radius 1 is 1.10 bits per heavy atom. The van der Waals surface area contributed by atoms with Crippen LogP contribution in [0.4, 0.5) is 4.39 Å². The van der Waals surface area contributed by atoms with Crippen molar-refractivity contribution >= 4 is 22.8 Å². The largest absolute Gasteiger partial charge is 0.496 e. The van der Waals surface area contributed by atoms with E-state index >= 15 is 0 Å². The predicted octanol–water partition coefficient (Wildman–Crippen LogP) is 5.36. The molecule has 1 fully saturated rings. The number of primary amides is 1. The molecule has 6 rings (SSSR count). The Labute approximate surface area is 234 Å². The van der Waals surface area contributed by atoms with Gasteiger partial charge in [-0.15, -0.1) is 0 Å². The summed E-state index contributed by atoms with van der Waals surface area (Å²) in [5.74, 6) is 0.295. The number of aromatic nitrogens is 2. The molecule has 2 amide bonds. The van der Waals surface area contributed by atoms with Gasteiger partial charge in [0.15, 0.2) is 5.82 Å². The van der Waals surface area contributed by atoms with Gasteiger partial charge in [-0.2, -0.15) is 4.98 Å². The number of amides is 2. The van der Waals surface area contributed by atoms with Crippen molar-refractivity contribution in [2.45, 2.75) is 38.6 Å². The van der Waals surface area contributed by atoms with Gasteiger partial charge in [0.25, 0.3) is 17.7 Å². The van der Waals surface area contributed by atoms with Crippen LogP contribution in [0, 0.1) is 19.7 Å². The first-order valence-corrected chi connectivity index (χ1v) is 13.1. The van der Waals surface area contributed by atoms with Gasteiger partial charge in [0, 0.05) is 10.9 Å². The van der Waals surface area contributed by atoms with E-state index in [0.717, 1.165) is 16.7 Å². The van der Waals surface area contributed by atoms with E-state index in [0.29, 0.717) is 58.8 Å². The van der Waals surface area contributed by atoms with Crippen LogP contribution in [-0.2, 0) is 12.0 Å². The highest BCUT2D eigenvalue weighted by molar-refractivity contribution is 6.10. The first kappa shape index (κ1) is 26.2. The molecule has 0 radical (unpaired) electrons. The maximum atomic E-state index is 13.5. The van der Waals surface area contributed by atoms with Gasteiger partial charge in [-0.25, -0.2) is 4.39 Å². The first-order chi connectivity index (χ1) is 19.7. The molecule has 3 aromatic carbocycles. The maximum Gasteiger partial charge on any atom is 0.255 e. The minimum Gasteiger partial charge on any atom is -0.496 e. The number of methoxy groups -OCH3 is 1. The van der Waals surface area contributed by atoms with Crippen molar-refractivity contribution in [3.63, 3.8) is 0 Å². The molecule has 9 nitrogen and oxygen atoms in total. The highest BCUT2D eigenvalue weighted by atomic mass is 19.1. The minimum atomic E-state index is -0.673. The Kier molecular flexibility index (Phi) is 6.33. The fraction of sp³-hybridized carbons (Fsp3) is 0.226. The highest BCUT2D eigenvalue weighted by Crippen LogP contribution is 2.45. The number of ether oxygens (including phenoxy) is 1. The van der Waals surface area contributed by atoms with E-state index in [1.54, 1.807) is 25.1 Å². The smallest absolute Gasteiger partial charge is 0.255 e. The molecule has 3 N–H and O–H groups in total. The third-order valence-corrected chi connectivity index (χ3v) is 7.44. The predicted molar refractivity (Wildman–Crippen MR) is 148 cm³/mol. The third kappa shape index (κ3) is 4.82. The molecular weight excluding hydrogens is 527 g/mol. The molecule has 10 heteroatoms. The Morgan fingerprint density at radius 2 is 1.85 bits per heavy atom. The average Bonchev–Trinajstić information content (AvgIpc) is 3.41. The van der Waals surface area contributed by atoms with E-state index in [9.17, 15) is 14.0 Å². The lowest BCUT2D eigenvalue weighted by Crippen LogP contribution is -2.35. The van der Waals surface area contributed by atoms with Crippen LogP contribution < -0.4 is 15.8 Å². The summed E-state index contributed by atoms with van der Waals surface area (Å²) >= 11 is 0. The third-order valence-electron chi connectivity index (χ3n) is 7.44. The van der Waals surface area contributed by atoms with E-state index in [1.165, 1.54) is 19.2 Å². The van der Waals surface area contributed by atoms with Crippen LogP contribution in [-0.4, -0.2) is 29.1 Å². The van der Waals surface area contributed by atoms with Gasteiger partial charge in [0.1, 0.15) is 28.4 Å². The number of furan rings is 1. The molecule has 0 bridgehead atoms. The van der Waals surface area contributed by atoms with Gasteiger partial charge in [0.05, 0.1) is 18.2 Å². The number of nitrogens with one attached hydrogen (secondary N) is 1. The second-order valence-corrected chi connectivity index (χ2v) is 10.3. The van der Waals surface area contributed by atoms with Crippen LogP contribution in [0.3, 0.4) is 0 Å². The Morgan fingerprint density at radius 3 is 2.49 bits per heavy atom. The summed E-state index contributed by atoms with van der Waals surface area (Å²) in [4.78, 5) is 30.3. The molecule has 0 spiro atoms. The molecule has 0 atom stereocenters. The molecule has 208 valence electrons. The van der Waals surface area contributed by atoms with Crippen molar-refractivity contribution in [3.8, 4) is 17.1 Å². The summed E-state index contributed by atoms with van der Waals surface area (Å²) < 4.78 is 30.3. The van der Waals surface area contributed by atoms with Crippen molar-refractivity contribution in [1.82, 2.24) is 15.5 Å². The van der Waals surface area contributed by atoms with E-state index < -0.39 is 17.3 Å². The zero-order valence-electron chi connectivity index (χ0n) is 22.7. The highest BCUT2D eigenvalue weighted by Gasteiger charge is 2.51. The second kappa shape index (κ2) is 9.88. The number of carbonyl (C=O) groups excluding carboxylic acids is 2.